The minimum absolute atomic E-state index is 0.147. The number of carbonyl (C=O) groups excluding carboxylic acids is 2. The number of hydrogen-bond acceptors (Lipinski definition) is 9. The molecule has 1 aromatic carbocycles. The quantitative estimate of drug-likeness (QED) is 0.103. The molecule has 1 aromatic rings. The highest BCUT2D eigenvalue weighted by Gasteiger charge is 2.17. The maximum absolute atomic E-state index is 12.3. The van der Waals surface area contributed by atoms with Crippen LogP contribution in [0.25, 0.3) is 0 Å². The minimum Gasteiger partial charge on any atom is -0.463 e. The van der Waals surface area contributed by atoms with Crippen LogP contribution in [0.4, 0.5) is 0 Å². The molecule has 1 aliphatic rings. The topological polar surface area (TPSA) is 80.3 Å². The van der Waals surface area contributed by atoms with Crippen molar-refractivity contribution in [1.29, 1.82) is 0 Å². The fourth-order valence-corrected chi connectivity index (χ4v) is 6.94. The average Bonchev–Trinajstić information content (AvgIpc) is 3.42. The van der Waals surface area contributed by atoms with Crippen LogP contribution >= 0.6 is 21.6 Å². The number of hydrogen-bond donors (Lipinski definition) is 0. The largest absolute Gasteiger partial charge is 0.463 e. The first-order chi connectivity index (χ1) is 18.5. The van der Waals surface area contributed by atoms with Crippen molar-refractivity contribution >= 4 is 33.5 Å². The summed E-state index contributed by atoms with van der Waals surface area (Å²) in [7, 11) is 3.94. The molecule has 1 fully saturated rings. The van der Waals surface area contributed by atoms with Gasteiger partial charge in [0.05, 0.1) is 45.6 Å². The molecule has 1 aliphatic heterocycles. The third-order valence-corrected chi connectivity index (χ3v) is 9.08. The van der Waals surface area contributed by atoms with Crippen LogP contribution in [0.5, 0.6) is 0 Å². The first-order valence-electron chi connectivity index (χ1n) is 13.9. The smallest absolute Gasteiger partial charge is 0.313 e. The summed E-state index contributed by atoms with van der Waals surface area (Å²) in [5, 5.41) is 0.764. The van der Waals surface area contributed by atoms with Gasteiger partial charge in [-0.3, -0.25) is 9.59 Å². The third-order valence-electron chi connectivity index (χ3n) is 6.07. The zero-order valence-corrected chi connectivity index (χ0v) is 25.0. The number of benzene rings is 1. The van der Waals surface area contributed by atoms with Gasteiger partial charge in [0.25, 0.3) is 0 Å². The molecular formula is C29H46O7S2. The summed E-state index contributed by atoms with van der Waals surface area (Å²) in [6, 6.07) is 8.18. The molecule has 0 bridgehead atoms. The van der Waals surface area contributed by atoms with Crippen molar-refractivity contribution in [3.63, 3.8) is 0 Å². The maximum Gasteiger partial charge on any atom is 0.313 e. The third kappa shape index (κ3) is 15.4. The Labute approximate surface area is 236 Å². The van der Waals surface area contributed by atoms with Gasteiger partial charge in [0.2, 0.25) is 0 Å². The molecule has 2 rings (SSSR count). The second-order valence-electron chi connectivity index (χ2n) is 9.86. The average molecular weight is 571 g/mol. The van der Waals surface area contributed by atoms with Crippen molar-refractivity contribution in [3.05, 3.63) is 35.4 Å². The summed E-state index contributed by atoms with van der Waals surface area (Å²) in [4.78, 5) is 24.0. The Hall–Kier alpha value is -1.26. The lowest BCUT2D eigenvalue weighted by molar-refractivity contribution is -0.147. The van der Waals surface area contributed by atoms with E-state index in [4.69, 9.17) is 23.7 Å². The van der Waals surface area contributed by atoms with Gasteiger partial charge in [-0.15, -0.1) is 0 Å². The minimum atomic E-state index is -0.306. The molecule has 216 valence electrons. The van der Waals surface area contributed by atoms with Gasteiger partial charge >= 0.3 is 11.9 Å². The molecule has 7 nitrogen and oxygen atoms in total. The summed E-state index contributed by atoms with van der Waals surface area (Å²) in [5.41, 5.74) is 2.24. The van der Waals surface area contributed by atoms with E-state index in [0.29, 0.717) is 52.0 Å². The molecule has 0 saturated carbocycles. The molecule has 1 heterocycles. The number of ether oxygens (including phenoxy) is 5. The van der Waals surface area contributed by atoms with Crippen LogP contribution in [0.15, 0.2) is 24.3 Å². The molecule has 9 heteroatoms. The lowest BCUT2D eigenvalue weighted by Crippen LogP contribution is -2.17. The van der Waals surface area contributed by atoms with Gasteiger partial charge < -0.3 is 23.7 Å². The van der Waals surface area contributed by atoms with E-state index in [2.05, 4.69) is 26.0 Å². The molecule has 0 radical (unpaired) electrons. The summed E-state index contributed by atoms with van der Waals surface area (Å²) in [6.45, 7) is 9.16. The standard InChI is InChI=1S/C29H46O7S2/c1-23(2)22-25-8-10-26(11-9-25)24(3)29(31)36-20-18-34-16-14-32-13-15-33-17-19-35-28(30)7-5-4-6-27-12-21-37-38-27/h8-11,23-24,27H,4-7,12-22H2,1-3H3. The van der Waals surface area contributed by atoms with E-state index in [0.717, 1.165) is 30.1 Å². The molecule has 2 atom stereocenters. The Morgan fingerprint density at radius 3 is 2.03 bits per heavy atom. The molecule has 2 unspecified atom stereocenters. The van der Waals surface area contributed by atoms with E-state index in [1.54, 1.807) is 0 Å². The summed E-state index contributed by atoms with van der Waals surface area (Å²) >= 11 is 0. The number of carbonyl (C=O) groups is 2. The second-order valence-corrected chi connectivity index (χ2v) is 12.6. The zero-order valence-electron chi connectivity index (χ0n) is 23.3. The van der Waals surface area contributed by atoms with Crippen molar-refractivity contribution in [2.24, 2.45) is 5.92 Å². The highest BCUT2D eigenvalue weighted by molar-refractivity contribution is 8.77. The van der Waals surface area contributed by atoms with Crippen molar-refractivity contribution in [3.8, 4) is 0 Å². The van der Waals surface area contributed by atoms with Crippen LogP contribution in [-0.2, 0) is 39.7 Å². The molecule has 0 N–H and O–H groups in total. The van der Waals surface area contributed by atoms with E-state index in [9.17, 15) is 9.59 Å². The highest BCUT2D eigenvalue weighted by Crippen LogP contribution is 2.39. The summed E-state index contributed by atoms with van der Waals surface area (Å²) in [6.07, 6.45) is 5.98. The second kappa shape index (κ2) is 20.6. The number of unbranched alkanes of at least 4 members (excludes halogenated alkanes) is 1. The highest BCUT2D eigenvalue weighted by atomic mass is 33.1. The van der Waals surface area contributed by atoms with Crippen LogP contribution in [0.2, 0.25) is 0 Å². The molecule has 0 aliphatic carbocycles. The Bertz CT molecular complexity index is 767. The van der Waals surface area contributed by atoms with Crippen molar-refractivity contribution in [1.82, 2.24) is 0 Å². The van der Waals surface area contributed by atoms with Crippen LogP contribution in [0, 0.1) is 5.92 Å². The predicted octanol–water partition coefficient (Wildman–Crippen LogP) is 5.84. The molecule has 0 amide bonds. The number of rotatable bonds is 21. The fraction of sp³-hybridized carbons (Fsp3) is 0.724. The van der Waals surface area contributed by atoms with Gasteiger partial charge in [-0.25, -0.2) is 0 Å². The van der Waals surface area contributed by atoms with Crippen LogP contribution < -0.4 is 0 Å². The maximum atomic E-state index is 12.3. The van der Waals surface area contributed by atoms with Gasteiger partial charge in [0, 0.05) is 17.4 Å². The van der Waals surface area contributed by atoms with Gasteiger partial charge in [0.1, 0.15) is 13.2 Å². The van der Waals surface area contributed by atoms with Gasteiger partial charge in [-0.05, 0) is 49.7 Å². The van der Waals surface area contributed by atoms with Crippen LogP contribution in [-0.4, -0.2) is 75.8 Å². The van der Waals surface area contributed by atoms with Crippen molar-refractivity contribution in [2.45, 2.75) is 70.5 Å². The van der Waals surface area contributed by atoms with Crippen molar-refractivity contribution < 1.29 is 33.3 Å². The van der Waals surface area contributed by atoms with E-state index in [1.165, 1.54) is 24.2 Å². The monoisotopic (exact) mass is 570 g/mol. The SMILES string of the molecule is CC(C)Cc1ccc(C(C)C(=O)OCCOCCOCCOCCOC(=O)CCCCC2CCSS2)cc1. The zero-order chi connectivity index (χ0) is 27.4. The normalized spacial score (nSPS) is 16.1. The Kier molecular flexibility index (Phi) is 17.9. The van der Waals surface area contributed by atoms with E-state index < -0.39 is 0 Å². The lowest BCUT2D eigenvalue weighted by Gasteiger charge is -2.13. The van der Waals surface area contributed by atoms with Gasteiger partial charge in [0.15, 0.2) is 0 Å². The predicted molar refractivity (Wildman–Crippen MR) is 155 cm³/mol. The Morgan fingerprint density at radius 2 is 1.45 bits per heavy atom. The molecule has 38 heavy (non-hydrogen) atoms. The Balaban J connectivity index is 1.34. The van der Waals surface area contributed by atoms with Gasteiger partial charge in [-0.1, -0.05) is 66.1 Å². The summed E-state index contributed by atoms with van der Waals surface area (Å²) in [5.74, 6) is 1.16. The lowest BCUT2D eigenvalue weighted by atomic mass is 9.97. The molecule has 1 saturated heterocycles. The van der Waals surface area contributed by atoms with E-state index >= 15 is 0 Å². The van der Waals surface area contributed by atoms with Crippen LogP contribution in [0.3, 0.4) is 0 Å². The number of esters is 2. The van der Waals surface area contributed by atoms with Crippen LogP contribution in [0.1, 0.15) is 69.9 Å². The van der Waals surface area contributed by atoms with E-state index in [1.807, 2.05) is 40.6 Å². The fourth-order valence-electron chi connectivity index (χ4n) is 3.91. The van der Waals surface area contributed by atoms with Crippen molar-refractivity contribution in [2.75, 3.05) is 58.6 Å². The molecule has 0 spiro atoms. The molecule has 0 aromatic heterocycles. The molecular weight excluding hydrogens is 524 g/mol. The first-order valence-corrected chi connectivity index (χ1v) is 16.3. The Morgan fingerprint density at radius 1 is 0.842 bits per heavy atom. The van der Waals surface area contributed by atoms with Gasteiger partial charge in [-0.2, -0.15) is 0 Å². The first kappa shape index (κ1) is 32.9. The summed E-state index contributed by atoms with van der Waals surface area (Å²) < 4.78 is 26.9. The van der Waals surface area contributed by atoms with E-state index in [-0.39, 0.29) is 31.1 Å².